The van der Waals surface area contributed by atoms with Gasteiger partial charge in [0, 0.05) is 6.21 Å². The molecule has 0 aliphatic carbocycles. The van der Waals surface area contributed by atoms with Crippen molar-refractivity contribution in [3.8, 4) is 17.2 Å². The van der Waals surface area contributed by atoms with Crippen LogP contribution in [0.25, 0.3) is 0 Å². The molecule has 0 saturated carbocycles. The fraction of sp³-hybridized carbons (Fsp3) is 0.396. The minimum atomic E-state index is -0.469. The van der Waals surface area contributed by atoms with Gasteiger partial charge in [0.05, 0.1) is 47.2 Å². The van der Waals surface area contributed by atoms with E-state index in [4.69, 9.17) is 14.2 Å². The van der Waals surface area contributed by atoms with E-state index >= 15 is 0 Å². The van der Waals surface area contributed by atoms with Gasteiger partial charge in [-0.15, -0.1) is 0 Å². The molecule has 0 amide bonds. The van der Waals surface area contributed by atoms with E-state index in [0.29, 0.717) is 17.0 Å². The summed E-state index contributed by atoms with van der Waals surface area (Å²) >= 11 is 0. The molecule has 5 aromatic carbocycles. The van der Waals surface area contributed by atoms with Crippen LogP contribution in [0.1, 0.15) is 139 Å². The molecule has 326 valence electrons. The lowest BCUT2D eigenvalue weighted by Gasteiger charge is -2.06. The van der Waals surface area contributed by atoms with Crippen LogP contribution in [0.4, 0.5) is 28.4 Å². The maximum Gasteiger partial charge on any atom is 0.343 e. The topological polar surface area (TPSA) is 107 Å². The molecule has 9 heteroatoms. The summed E-state index contributed by atoms with van der Waals surface area (Å²) in [7, 11) is 0. The SMILES string of the molecule is CCCCCCCCCCCCOc1ccc(N=Nc2ccc(N=Cc3cccc(OC(=O)c4ccc(N=Nc5ccc(OCCCCCCCCC)cc5)cc4)c3)cc2)cc1. The first-order chi connectivity index (χ1) is 30.6. The van der Waals surface area contributed by atoms with Crippen LogP contribution in [0, 0.1) is 0 Å². The molecular formula is C53H65N5O4. The highest BCUT2D eigenvalue weighted by Crippen LogP contribution is 2.25. The first-order valence-electron chi connectivity index (χ1n) is 22.9. The number of hydrogen-bond donors (Lipinski definition) is 0. The quantitative estimate of drug-likeness (QED) is 0.0157. The predicted octanol–water partition coefficient (Wildman–Crippen LogP) is 16.9. The van der Waals surface area contributed by atoms with Gasteiger partial charge in [0.25, 0.3) is 0 Å². The highest BCUT2D eigenvalue weighted by Gasteiger charge is 2.09. The lowest BCUT2D eigenvalue weighted by atomic mass is 10.1. The molecule has 0 aliphatic heterocycles. The smallest absolute Gasteiger partial charge is 0.343 e. The van der Waals surface area contributed by atoms with Gasteiger partial charge in [0.2, 0.25) is 0 Å². The van der Waals surface area contributed by atoms with Crippen molar-refractivity contribution in [3.05, 3.63) is 132 Å². The van der Waals surface area contributed by atoms with Gasteiger partial charge in [0.1, 0.15) is 17.2 Å². The van der Waals surface area contributed by atoms with Crippen LogP contribution >= 0.6 is 0 Å². The summed E-state index contributed by atoms with van der Waals surface area (Å²) in [5, 5.41) is 17.4. The maximum absolute atomic E-state index is 12.9. The van der Waals surface area contributed by atoms with Gasteiger partial charge in [0.15, 0.2) is 0 Å². The zero-order chi connectivity index (χ0) is 43.3. The van der Waals surface area contributed by atoms with Gasteiger partial charge in [-0.05, 0) is 128 Å². The molecule has 0 bridgehead atoms. The summed E-state index contributed by atoms with van der Waals surface area (Å²) in [5.74, 6) is 1.64. The number of esters is 1. The van der Waals surface area contributed by atoms with E-state index < -0.39 is 5.97 Å². The number of azo groups is 2. The minimum Gasteiger partial charge on any atom is -0.494 e. The number of aliphatic imine (C=N–C) groups is 1. The lowest BCUT2D eigenvalue weighted by molar-refractivity contribution is 0.0734. The van der Waals surface area contributed by atoms with Gasteiger partial charge in [-0.3, -0.25) is 4.99 Å². The number of nitrogens with zero attached hydrogens (tertiary/aromatic N) is 5. The van der Waals surface area contributed by atoms with Crippen molar-refractivity contribution in [2.24, 2.45) is 25.4 Å². The molecule has 0 atom stereocenters. The fourth-order valence-electron chi connectivity index (χ4n) is 6.72. The molecule has 0 fully saturated rings. The van der Waals surface area contributed by atoms with Gasteiger partial charge in [-0.1, -0.05) is 122 Å². The van der Waals surface area contributed by atoms with Crippen LogP contribution in [0.5, 0.6) is 17.2 Å². The van der Waals surface area contributed by atoms with Gasteiger partial charge in [-0.25, -0.2) is 4.79 Å². The first-order valence-corrected chi connectivity index (χ1v) is 22.9. The Kier molecular flexibility index (Phi) is 21.7. The summed E-state index contributed by atoms with van der Waals surface area (Å²) in [4.78, 5) is 17.5. The van der Waals surface area contributed by atoms with Crippen molar-refractivity contribution < 1.29 is 19.0 Å². The third kappa shape index (κ3) is 18.8. The molecule has 0 unspecified atom stereocenters. The van der Waals surface area contributed by atoms with Crippen LogP contribution in [0.2, 0.25) is 0 Å². The molecule has 0 heterocycles. The van der Waals surface area contributed by atoms with E-state index in [1.807, 2.05) is 84.9 Å². The summed E-state index contributed by atoms with van der Waals surface area (Å²) in [5.41, 5.74) is 4.78. The number of ether oxygens (including phenoxy) is 3. The first kappa shape index (κ1) is 47.1. The molecule has 0 aliphatic rings. The Labute approximate surface area is 369 Å². The Morgan fingerprint density at radius 3 is 1.27 bits per heavy atom. The second-order valence-corrected chi connectivity index (χ2v) is 15.7. The standard InChI is InChI=1S/C53H65N5O4/c1-3-5-7-9-11-12-13-15-17-19-40-61-51-37-33-49(34-38-51)58-56-47-29-27-45(28-30-47)54-42-43-21-20-22-52(41-43)62-53(59)44-23-25-46(26-24-44)55-57-48-31-35-50(36-32-48)60-39-18-16-14-10-8-6-4-2/h20-38,41-42H,3-19,39-40H2,1-2H3. The van der Waals surface area contributed by atoms with Gasteiger partial charge >= 0.3 is 5.97 Å². The molecule has 5 rings (SSSR count). The molecule has 0 saturated heterocycles. The highest BCUT2D eigenvalue weighted by molar-refractivity contribution is 5.91. The minimum absolute atomic E-state index is 0.406. The average molecular weight is 836 g/mol. The molecule has 5 aromatic rings. The van der Waals surface area contributed by atoms with Crippen LogP contribution in [-0.2, 0) is 0 Å². The molecule has 0 N–H and O–H groups in total. The summed E-state index contributed by atoms with van der Waals surface area (Å²) in [6, 6.07) is 36.9. The lowest BCUT2D eigenvalue weighted by Crippen LogP contribution is -2.08. The van der Waals surface area contributed by atoms with Crippen molar-refractivity contribution in [2.75, 3.05) is 13.2 Å². The monoisotopic (exact) mass is 836 g/mol. The number of rotatable bonds is 29. The second kappa shape index (κ2) is 28.5. The number of carbonyl (C=O) groups is 1. The third-order valence-electron chi connectivity index (χ3n) is 10.4. The molecule has 0 spiro atoms. The highest BCUT2D eigenvalue weighted by atomic mass is 16.5. The van der Waals surface area contributed by atoms with Gasteiger partial charge < -0.3 is 14.2 Å². The summed E-state index contributed by atoms with van der Waals surface area (Å²) < 4.78 is 17.5. The number of unbranched alkanes of at least 4 members (excludes halogenated alkanes) is 15. The number of benzene rings is 5. The van der Waals surface area contributed by atoms with Crippen molar-refractivity contribution in [2.45, 2.75) is 123 Å². The van der Waals surface area contributed by atoms with E-state index in [9.17, 15) is 4.79 Å². The molecule has 0 radical (unpaired) electrons. The van der Waals surface area contributed by atoms with E-state index in [1.54, 1.807) is 42.6 Å². The Morgan fingerprint density at radius 2 is 0.823 bits per heavy atom. The number of carbonyl (C=O) groups excluding carboxylic acids is 1. The number of hydrogen-bond acceptors (Lipinski definition) is 9. The largest absolute Gasteiger partial charge is 0.494 e. The zero-order valence-electron chi connectivity index (χ0n) is 36.9. The fourth-order valence-corrected chi connectivity index (χ4v) is 6.72. The average Bonchev–Trinajstić information content (AvgIpc) is 3.31. The summed E-state index contributed by atoms with van der Waals surface area (Å²) in [6.45, 7) is 5.97. The van der Waals surface area contributed by atoms with Crippen LogP contribution in [0.15, 0.2) is 147 Å². The Bertz CT molecular complexity index is 2080. The zero-order valence-corrected chi connectivity index (χ0v) is 36.9. The van der Waals surface area contributed by atoms with Crippen LogP contribution in [0.3, 0.4) is 0 Å². The van der Waals surface area contributed by atoms with E-state index in [1.165, 1.54) is 96.3 Å². The van der Waals surface area contributed by atoms with Crippen LogP contribution in [-0.4, -0.2) is 25.4 Å². The second-order valence-electron chi connectivity index (χ2n) is 15.7. The molecular weight excluding hydrogens is 771 g/mol. The van der Waals surface area contributed by atoms with Gasteiger partial charge in [-0.2, -0.15) is 20.5 Å². The third-order valence-corrected chi connectivity index (χ3v) is 10.4. The molecule has 9 nitrogen and oxygen atoms in total. The van der Waals surface area contributed by atoms with E-state index in [2.05, 4.69) is 39.3 Å². The van der Waals surface area contributed by atoms with E-state index in [-0.39, 0.29) is 0 Å². The molecule has 62 heavy (non-hydrogen) atoms. The maximum atomic E-state index is 12.9. The Balaban J connectivity index is 0.989. The van der Waals surface area contributed by atoms with E-state index in [0.717, 1.165) is 65.9 Å². The van der Waals surface area contributed by atoms with Crippen molar-refractivity contribution in [1.29, 1.82) is 0 Å². The molecule has 0 aromatic heterocycles. The Morgan fingerprint density at radius 1 is 0.435 bits per heavy atom. The predicted molar refractivity (Wildman–Crippen MR) is 254 cm³/mol. The van der Waals surface area contributed by atoms with Crippen molar-refractivity contribution >= 4 is 40.6 Å². The van der Waals surface area contributed by atoms with Crippen LogP contribution < -0.4 is 14.2 Å². The van der Waals surface area contributed by atoms with Crippen molar-refractivity contribution in [1.82, 2.24) is 0 Å². The Hall–Kier alpha value is -5.96. The normalized spacial score (nSPS) is 11.5. The van der Waals surface area contributed by atoms with Crippen molar-refractivity contribution in [3.63, 3.8) is 0 Å². The summed E-state index contributed by atoms with van der Waals surface area (Å²) in [6.07, 6.45) is 23.6.